The van der Waals surface area contributed by atoms with Gasteiger partial charge in [-0.05, 0) is 38.1 Å². The number of pyridine rings is 1. The van der Waals surface area contributed by atoms with Crippen LogP contribution in [0.1, 0.15) is 34.6 Å². The Bertz CT molecular complexity index is 1070. The van der Waals surface area contributed by atoms with Crippen molar-refractivity contribution in [3.05, 3.63) is 63.8 Å². The summed E-state index contributed by atoms with van der Waals surface area (Å²) in [6.07, 6.45) is 1.38. The Morgan fingerprint density at radius 3 is 2.38 bits per heavy atom. The first-order valence-corrected chi connectivity index (χ1v) is 9.70. The molecule has 3 rings (SSSR count). The molecule has 2 aromatic carbocycles. The highest BCUT2D eigenvalue weighted by Crippen LogP contribution is 2.33. The minimum atomic E-state index is -0.525. The van der Waals surface area contributed by atoms with E-state index < -0.39 is 11.9 Å². The first kappa shape index (κ1) is 20.9. The standard InChI is InChI=1S/C21H18Cl2N2O4/c1-3-28-19-12-7-5-10-16(18(12)24-11-13(19)21(27)29-4-2)25-20(26)17-14(22)8-6-9-15(17)23/h5-11H,3-4H2,1-2H3,(H,25,26). The van der Waals surface area contributed by atoms with Crippen LogP contribution in [0.5, 0.6) is 5.75 Å². The van der Waals surface area contributed by atoms with Crippen LogP contribution in [-0.2, 0) is 4.74 Å². The van der Waals surface area contributed by atoms with Crippen LogP contribution in [0.4, 0.5) is 5.69 Å². The Morgan fingerprint density at radius 1 is 1.03 bits per heavy atom. The Hall–Kier alpha value is -2.83. The van der Waals surface area contributed by atoms with Gasteiger partial charge in [-0.15, -0.1) is 0 Å². The van der Waals surface area contributed by atoms with Crippen LogP contribution in [0.25, 0.3) is 10.9 Å². The summed E-state index contributed by atoms with van der Waals surface area (Å²) in [5.74, 6) is -0.646. The molecule has 1 amide bonds. The van der Waals surface area contributed by atoms with E-state index in [1.807, 2.05) is 6.92 Å². The highest BCUT2D eigenvalue weighted by Gasteiger charge is 2.21. The molecule has 1 aromatic heterocycles. The number of nitrogens with one attached hydrogen (secondary N) is 1. The number of esters is 1. The van der Waals surface area contributed by atoms with E-state index in [-0.39, 0.29) is 27.8 Å². The number of benzene rings is 2. The summed E-state index contributed by atoms with van der Waals surface area (Å²) in [5.41, 5.74) is 1.28. The summed E-state index contributed by atoms with van der Waals surface area (Å²) < 4.78 is 10.8. The molecule has 0 fully saturated rings. The van der Waals surface area contributed by atoms with Crippen molar-refractivity contribution < 1.29 is 19.1 Å². The van der Waals surface area contributed by atoms with Crippen LogP contribution in [0.2, 0.25) is 10.0 Å². The Balaban J connectivity index is 2.07. The van der Waals surface area contributed by atoms with Crippen LogP contribution < -0.4 is 10.1 Å². The lowest BCUT2D eigenvalue weighted by Gasteiger charge is -2.15. The van der Waals surface area contributed by atoms with Crippen molar-refractivity contribution in [3.63, 3.8) is 0 Å². The summed E-state index contributed by atoms with van der Waals surface area (Å²) in [7, 11) is 0. The van der Waals surface area contributed by atoms with Gasteiger partial charge in [0.25, 0.3) is 5.91 Å². The Morgan fingerprint density at radius 2 is 1.72 bits per heavy atom. The number of rotatable bonds is 6. The third kappa shape index (κ3) is 4.28. The maximum Gasteiger partial charge on any atom is 0.343 e. The molecule has 0 unspecified atom stereocenters. The molecular weight excluding hydrogens is 415 g/mol. The van der Waals surface area contributed by atoms with Gasteiger partial charge in [0, 0.05) is 11.6 Å². The second-order valence-corrected chi connectivity index (χ2v) is 6.72. The average Bonchev–Trinajstić information content (AvgIpc) is 2.68. The lowest BCUT2D eigenvalue weighted by Crippen LogP contribution is -2.14. The average molecular weight is 433 g/mol. The van der Waals surface area contributed by atoms with E-state index in [1.54, 1.807) is 43.3 Å². The number of hydrogen-bond donors (Lipinski definition) is 1. The van der Waals surface area contributed by atoms with Crippen LogP contribution in [0.15, 0.2) is 42.6 Å². The molecule has 0 aliphatic carbocycles. The number of amides is 1. The molecule has 0 radical (unpaired) electrons. The Labute approximate surface area is 177 Å². The van der Waals surface area contributed by atoms with Gasteiger partial charge in [0.15, 0.2) is 0 Å². The lowest BCUT2D eigenvalue weighted by atomic mass is 10.1. The largest absolute Gasteiger partial charge is 0.492 e. The molecule has 0 saturated heterocycles. The molecule has 0 aliphatic heterocycles. The normalized spacial score (nSPS) is 10.6. The van der Waals surface area contributed by atoms with E-state index in [2.05, 4.69) is 10.3 Å². The zero-order valence-electron chi connectivity index (χ0n) is 15.8. The van der Waals surface area contributed by atoms with E-state index >= 15 is 0 Å². The van der Waals surface area contributed by atoms with Crippen molar-refractivity contribution in [2.45, 2.75) is 13.8 Å². The fourth-order valence-electron chi connectivity index (χ4n) is 2.85. The van der Waals surface area contributed by atoms with Gasteiger partial charge in [0.2, 0.25) is 0 Å². The number of nitrogens with zero attached hydrogens (tertiary/aromatic N) is 1. The number of hydrogen-bond acceptors (Lipinski definition) is 5. The summed E-state index contributed by atoms with van der Waals surface area (Å²) >= 11 is 12.3. The third-order valence-electron chi connectivity index (χ3n) is 4.07. The first-order valence-electron chi connectivity index (χ1n) is 8.94. The van der Waals surface area contributed by atoms with E-state index in [0.717, 1.165) is 0 Å². The molecule has 0 saturated carbocycles. The van der Waals surface area contributed by atoms with Crippen molar-refractivity contribution in [1.29, 1.82) is 0 Å². The maximum atomic E-state index is 12.8. The van der Waals surface area contributed by atoms with Crippen molar-refractivity contribution in [3.8, 4) is 5.75 Å². The van der Waals surface area contributed by atoms with Gasteiger partial charge in [-0.3, -0.25) is 9.78 Å². The monoisotopic (exact) mass is 432 g/mol. The van der Waals surface area contributed by atoms with Crippen molar-refractivity contribution in [2.24, 2.45) is 0 Å². The van der Waals surface area contributed by atoms with Crippen LogP contribution in [0.3, 0.4) is 0 Å². The number of carbonyl (C=O) groups is 2. The number of ether oxygens (including phenoxy) is 2. The molecular formula is C21H18Cl2N2O4. The molecule has 29 heavy (non-hydrogen) atoms. The van der Waals surface area contributed by atoms with E-state index in [4.69, 9.17) is 32.7 Å². The molecule has 0 spiro atoms. The van der Waals surface area contributed by atoms with E-state index in [9.17, 15) is 9.59 Å². The van der Waals surface area contributed by atoms with Crippen molar-refractivity contribution >= 4 is 51.7 Å². The summed E-state index contributed by atoms with van der Waals surface area (Å²) in [5, 5.41) is 3.83. The molecule has 3 aromatic rings. The third-order valence-corrected chi connectivity index (χ3v) is 4.70. The fourth-order valence-corrected chi connectivity index (χ4v) is 3.42. The fraction of sp³-hybridized carbons (Fsp3) is 0.190. The first-order chi connectivity index (χ1) is 14.0. The molecule has 0 atom stereocenters. The molecule has 6 nitrogen and oxygen atoms in total. The quantitative estimate of drug-likeness (QED) is 0.529. The van der Waals surface area contributed by atoms with Gasteiger partial charge in [-0.1, -0.05) is 35.3 Å². The zero-order chi connectivity index (χ0) is 21.0. The molecule has 1 N–H and O–H groups in total. The molecule has 1 heterocycles. The second kappa shape index (κ2) is 9.11. The van der Waals surface area contributed by atoms with Gasteiger partial charge in [-0.2, -0.15) is 0 Å². The highest BCUT2D eigenvalue weighted by molar-refractivity contribution is 6.40. The molecule has 0 aliphatic rings. The van der Waals surface area contributed by atoms with Crippen molar-refractivity contribution in [2.75, 3.05) is 18.5 Å². The number of aromatic nitrogens is 1. The minimum absolute atomic E-state index is 0.168. The summed E-state index contributed by atoms with van der Waals surface area (Å²) in [6, 6.07) is 10.0. The highest BCUT2D eigenvalue weighted by atomic mass is 35.5. The smallest absolute Gasteiger partial charge is 0.343 e. The van der Waals surface area contributed by atoms with Crippen LogP contribution in [0, 0.1) is 0 Å². The second-order valence-electron chi connectivity index (χ2n) is 5.91. The summed E-state index contributed by atoms with van der Waals surface area (Å²) in [6.45, 7) is 4.11. The lowest BCUT2D eigenvalue weighted by molar-refractivity contribution is 0.0521. The van der Waals surface area contributed by atoms with Crippen molar-refractivity contribution in [1.82, 2.24) is 4.98 Å². The Kier molecular flexibility index (Phi) is 6.56. The predicted molar refractivity (Wildman–Crippen MR) is 113 cm³/mol. The molecule has 0 bridgehead atoms. The SMILES string of the molecule is CCOC(=O)c1cnc2c(NC(=O)c3c(Cl)cccc3Cl)cccc2c1OCC. The van der Waals surface area contributed by atoms with Gasteiger partial charge in [0.1, 0.15) is 11.3 Å². The number of halogens is 2. The van der Waals surface area contributed by atoms with Crippen LogP contribution in [-0.4, -0.2) is 30.1 Å². The molecule has 150 valence electrons. The number of anilines is 1. The number of fused-ring (bicyclic) bond motifs is 1. The zero-order valence-corrected chi connectivity index (χ0v) is 17.3. The van der Waals surface area contributed by atoms with Crippen LogP contribution >= 0.6 is 23.2 Å². The van der Waals surface area contributed by atoms with E-state index in [0.29, 0.717) is 28.9 Å². The number of para-hydroxylation sites is 1. The number of carbonyl (C=O) groups excluding carboxylic acids is 2. The minimum Gasteiger partial charge on any atom is -0.492 e. The van der Waals surface area contributed by atoms with Gasteiger partial charge in [-0.25, -0.2) is 4.79 Å². The summed E-state index contributed by atoms with van der Waals surface area (Å²) in [4.78, 5) is 29.4. The topological polar surface area (TPSA) is 77.5 Å². The van der Waals surface area contributed by atoms with Gasteiger partial charge in [0.05, 0.1) is 40.0 Å². The molecule has 8 heteroatoms. The van der Waals surface area contributed by atoms with Gasteiger partial charge >= 0.3 is 5.97 Å². The van der Waals surface area contributed by atoms with E-state index in [1.165, 1.54) is 6.20 Å². The van der Waals surface area contributed by atoms with Gasteiger partial charge < -0.3 is 14.8 Å². The predicted octanol–water partition coefficient (Wildman–Crippen LogP) is 5.37. The maximum absolute atomic E-state index is 12.8.